The summed E-state index contributed by atoms with van der Waals surface area (Å²) in [5.74, 6) is 0. The van der Waals surface area contributed by atoms with Crippen LogP contribution in [0.25, 0.3) is 0 Å². The van der Waals surface area contributed by atoms with Crippen LogP contribution >= 0.6 is 11.3 Å². The lowest BCUT2D eigenvalue weighted by Crippen LogP contribution is -2.18. The predicted molar refractivity (Wildman–Crippen MR) is 59.1 cm³/mol. The molecule has 5 nitrogen and oxygen atoms in total. The van der Waals surface area contributed by atoms with Crippen LogP contribution in [-0.4, -0.2) is 44.2 Å². The van der Waals surface area contributed by atoms with E-state index in [9.17, 15) is 0 Å². The van der Waals surface area contributed by atoms with Crippen molar-refractivity contribution in [1.29, 1.82) is 0 Å². The van der Waals surface area contributed by atoms with E-state index in [1.54, 1.807) is 25.6 Å². The summed E-state index contributed by atoms with van der Waals surface area (Å²) < 4.78 is 9.90. The van der Waals surface area contributed by atoms with Gasteiger partial charge in [0.1, 0.15) is 10.0 Å². The highest BCUT2D eigenvalue weighted by molar-refractivity contribution is 7.11. The van der Waals surface area contributed by atoms with Gasteiger partial charge in [0.2, 0.25) is 0 Å². The first-order chi connectivity index (χ1) is 7.36. The maximum Gasteiger partial charge on any atom is 0.131 e. The lowest BCUT2D eigenvalue weighted by atomic mass is 10.5. The topological polar surface area (TPSA) is 56.3 Å². The molecule has 0 fully saturated rings. The van der Waals surface area contributed by atoms with Crippen LogP contribution in [0.2, 0.25) is 0 Å². The molecule has 0 spiro atoms. The molecule has 15 heavy (non-hydrogen) atoms. The van der Waals surface area contributed by atoms with Crippen molar-refractivity contribution in [1.82, 2.24) is 15.5 Å². The number of nitrogens with one attached hydrogen (secondary N) is 1. The fraction of sp³-hybridized carbons (Fsp3) is 0.778. The smallest absolute Gasteiger partial charge is 0.131 e. The Morgan fingerprint density at radius 3 is 2.60 bits per heavy atom. The predicted octanol–water partition coefficient (Wildman–Crippen LogP) is 0.463. The van der Waals surface area contributed by atoms with Crippen LogP contribution in [0, 0.1) is 0 Å². The molecule has 0 saturated heterocycles. The monoisotopic (exact) mass is 231 g/mol. The number of methoxy groups -OCH3 is 2. The first-order valence-electron chi connectivity index (χ1n) is 4.86. The molecule has 0 aromatic carbocycles. The summed E-state index contributed by atoms with van der Waals surface area (Å²) in [5, 5.41) is 13.4. The van der Waals surface area contributed by atoms with Gasteiger partial charge in [-0.1, -0.05) is 0 Å². The van der Waals surface area contributed by atoms with Crippen molar-refractivity contribution >= 4 is 11.3 Å². The molecule has 0 aliphatic rings. The van der Waals surface area contributed by atoms with Crippen molar-refractivity contribution in [3.05, 3.63) is 10.0 Å². The van der Waals surface area contributed by atoms with E-state index in [4.69, 9.17) is 9.47 Å². The third-order valence-corrected chi connectivity index (χ3v) is 2.77. The molecule has 0 saturated carbocycles. The van der Waals surface area contributed by atoms with Gasteiger partial charge in [-0.25, -0.2) is 0 Å². The van der Waals surface area contributed by atoms with Gasteiger partial charge >= 0.3 is 0 Å². The van der Waals surface area contributed by atoms with Crippen LogP contribution in [0.3, 0.4) is 0 Å². The maximum absolute atomic E-state index is 4.97. The standard InChI is InChI=1S/C9H17N3O2S/c1-13-5-3-8-11-12-9(15-8)7-10-4-6-14-2/h10H,3-7H2,1-2H3. The molecule has 1 heterocycles. The summed E-state index contributed by atoms with van der Waals surface area (Å²) >= 11 is 1.63. The van der Waals surface area contributed by atoms with Crippen LogP contribution in [0.5, 0.6) is 0 Å². The molecule has 0 bridgehead atoms. The van der Waals surface area contributed by atoms with E-state index in [2.05, 4.69) is 15.5 Å². The first-order valence-corrected chi connectivity index (χ1v) is 5.68. The van der Waals surface area contributed by atoms with E-state index in [0.717, 1.165) is 36.1 Å². The molecule has 1 aromatic heterocycles. The van der Waals surface area contributed by atoms with Crippen molar-refractivity contribution < 1.29 is 9.47 Å². The van der Waals surface area contributed by atoms with E-state index in [-0.39, 0.29) is 0 Å². The minimum Gasteiger partial charge on any atom is -0.384 e. The second-order valence-corrected chi connectivity index (χ2v) is 4.15. The molecule has 0 unspecified atom stereocenters. The van der Waals surface area contributed by atoms with E-state index < -0.39 is 0 Å². The molecule has 86 valence electrons. The minimum atomic E-state index is 0.700. The van der Waals surface area contributed by atoms with E-state index in [1.807, 2.05) is 0 Å². The van der Waals surface area contributed by atoms with Gasteiger partial charge in [-0.3, -0.25) is 0 Å². The Labute approximate surface area is 93.8 Å². The third kappa shape index (κ3) is 5.17. The summed E-state index contributed by atoms with van der Waals surface area (Å²) in [5.41, 5.74) is 0. The van der Waals surface area contributed by atoms with Crippen LogP contribution in [0.15, 0.2) is 0 Å². The first kappa shape index (κ1) is 12.5. The second kappa shape index (κ2) is 7.70. The molecule has 1 aromatic rings. The Kier molecular flexibility index (Phi) is 6.42. The van der Waals surface area contributed by atoms with Crippen LogP contribution in [-0.2, 0) is 22.4 Å². The lowest BCUT2D eigenvalue weighted by molar-refractivity contribution is 0.199. The molecule has 0 aliphatic carbocycles. The molecule has 0 aliphatic heterocycles. The highest BCUT2D eigenvalue weighted by atomic mass is 32.1. The Hall–Kier alpha value is -0.560. The van der Waals surface area contributed by atoms with Gasteiger partial charge in [-0.2, -0.15) is 0 Å². The quantitative estimate of drug-likeness (QED) is 0.659. The molecule has 0 atom stereocenters. The Morgan fingerprint density at radius 2 is 1.87 bits per heavy atom. The Bertz CT molecular complexity index is 268. The summed E-state index contributed by atoms with van der Waals surface area (Å²) in [6.45, 7) is 3.01. The SMILES string of the molecule is COCCNCc1nnc(CCOC)s1. The Morgan fingerprint density at radius 1 is 1.13 bits per heavy atom. The van der Waals surface area contributed by atoms with Crippen molar-refractivity contribution in [3.63, 3.8) is 0 Å². The second-order valence-electron chi connectivity index (χ2n) is 3.00. The van der Waals surface area contributed by atoms with Crippen molar-refractivity contribution in [2.75, 3.05) is 34.0 Å². The number of rotatable bonds is 8. The van der Waals surface area contributed by atoms with Crippen LogP contribution in [0.1, 0.15) is 10.0 Å². The number of hydrogen-bond acceptors (Lipinski definition) is 6. The minimum absolute atomic E-state index is 0.700. The fourth-order valence-corrected chi connectivity index (χ4v) is 1.81. The molecule has 0 amide bonds. The largest absolute Gasteiger partial charge is 0.384 e. The van der Waals surface area contributed by atoms with E-state index >= 15 is 0 Å². The van der Waals surface area contributed by atoms with Gasteiger partial charge in [0.25, 0.3) is 0 Å². The molecule has 1 rings (SSSR count). The van der Waals surface area contributed by atoms with Crippen LogP contribution < -0.4 is 5.32 Å². The third-order valence-electron chi connectivity index (χ3n) is 1.79. The zero-order valence-electron chi connectivity index (χ0n) is 9.15. The summed E-state index contributed by atoms with van der Waals surface area (Å²) in [6.07, 6.45) is 0.840. The van der Waals surface area contributed by atoms with Crippen molar-refractivity contribution in [2.45, 2.75) is 13.0 Å². The highest BCUT2D eigenvalue weighted by Crippen LogP contribution is 2.09. The maximum atomic E-state index is 4.97. The Balaban J connectivity index is 2.20. The molecule has 1 N–H and O–H groups in total. The normalized spacial score (nSPS) is 10.8. The molecule has 6 heteroatoms. The average molecular weight is 231 g/mol. The van der Waals surface area contributed by atoms with Crippen LogP contribution in [0.4, 0.5) is 0 Å². The zero-order valence-corrected chi connectivity index (χ0v) is 9.97. The van der Waals surface area contributed by atoms with E-state index in [1.165, 1.54) is 0 Å². The number of nitrogens with zero attached hydrogens (tertiary/aromatic N) is 2. The number of aromatic nitrogens is 2. The van der Waals surface area contributed by atoms with Crippen molar-refractivity contribution in [2.24, 2.45) is 0 Å². The summed E-state index contributed by atoms with van der Waals surface area (Å²) in [7, 11) is 3.38. The number of hydrogen-bond donors (Lipinski definition) is 1. The van der Waals surface area contributed by atoms with Gasteiger partial charge in [0.05, 0.1) is 13.2 Å². The average Bonchev–Trinajstić information content (AvgIpc) is 2.69. The van der Waals surface area contributed by atoms with Gasteiger partial charge in [-0.15, -0.1) is 21.5 Å². The van der Waals surface area contributed by atoms with E-state index in [0.29, 0.717) is 6.61 Å². The van der Waals surface area contributed by atoms with Gasteiger partial charge in [0.15, 0.2) is 0 Å². The zero-order chi connectivity index (χ0) is 10.9. The highest BCUT2D eigenvalue weighted by Gasteiger charge is 2.02. The summed E-state index contributed by atoms with van der Waals surface area (Å²) in [4.78, 5) is 0. The van der Waals surface area contributed by atoms with Gasteiger partial charge < -0.3 is 14.8 Å². The molecular formula is C9H17N3O2S. The van der Waals surface area contributed by atoms with Gasteiger partial charge in [0, 0.05) is 33.7 Å². The summed E-state index contributed by atoms with van der Waals surface area (Å²) in [6, 6.07) is 0. The fourth-order valence-electron chi connectivity index (χ4n) is 1.02. The van der Waals surface area contributed by atoms with Gasteiger partial charge in [-0.05, 0) is 0 Å². The molecular weight excluding hydrogens is 214 g/mol. The lowest BCUT2D eigenvalue weighted by Gasteiger charge is -1.99. The number of ether oxygens (including phenoxy) is 2. The van der Waals surface area contributed by atoms with Crippen molar-refractivity contribution in [3.8, 4) is 0 Å². The molecule has 0 radical (unpaired) electrons.